The Kier molecular flexibility index (Phi) is 11.1. The fourth-order valence-corrected chi connectivity index (χ4v) is 5.82. The monoisotopic (exact) mass is 572 g/mol. The highest BCUT2D eigenvalue weighted by Gasteiger charge is 2.30. The number of nitro groups is 1. The smallest absolute Gasteiger partial charge is 0.270 e. The van der Waals surface area contributed by atoms with E-state index in [0.717, 1.165) is 15.6 Å². The first kappa shape index (κ1) is 30.3. The van der Waals surface area contributed by atoms with E-state index in [4.69, 9.17) is 9.47 Å². The van der Waals surface area contributed by atoms with E-state index in [9.17, 15) is 28.7 Å². The van der Waals surface area contributed by atoms with Crippen molar-refractivity contribution >= 4 is 45.7 Å². The Morgan fingerprint density at radius 1 is 1.05 bits per heavy atom. The maximum atomic E-state index is 13.8. The number of sulfonamides is 1. The van der Waals surface area contributed by atoms with Crippen LogP contribution in [0.1, 0.15) is 0 Å². The quantitative estimate of drug-likeness (QED) is 0.177. The zero-order chi connectivity index (χ0) is 26.3. The Hall–Kier alpha value is -2.95. The van der Waals surface area contributed by atoms with Gasteiger partial charge in [0, 0.05) is 42.2 Å². The van der Waals surface area contributed by atoms with Gasteiger partial charge in [-0.05, 0) is 12.1 Å². The summed E-state index contributed by atoms with van der Waals surface area (Å²) in [7, 11) is -1.37. The predicted octanol–water partition coefficient (Wildman–Crippen LogP) is 2.29. The molecule has 0 bridgehead atoms. The van der Waals surface area contributed by atoms with Gasteiger partial charge in [-0.3, -0.25) is 15.0 Å². The molecule has 12 nitrogen and oxygen atoms in total. The lowest BCUT2D eigenvalue weighted by Crippen LogP contribution is -2.43. The number of hydrogen-bond acceptors (Lipinski definition) is 11. The van der Waals surface area contributed by atoms with E-state index in [1.807, 2.05) is 0 Å². The molecule has 0 aliphatic rings. The van der Waals surface area contributed by atoms with Crippen LogP contribution in [-0.2, 0) is 10.0 Å². The van der Waals surface area contributed by atoms with Crippen LogP contribution in [0.5, 0.6) is 11.5 Å². The second-order valence-corrected chi connectivity index (χ2v) is 10.1. The molecule has 2 aromatic carbocycles. The van der Waals surface area contributed by atoms with Gasteiger partial charge in [-0.1, -0.05) is 12.1 Å². The van der Waals surface area contributed by atoms with Gasteiger partial charge in [0.05, 0.1) is 49.6 Å². The number of methoxy groups -OCH3 is 2. The molecule has 0 aliphatic carbocycles. The van der Waals surface area contributed by atoms with Crippen LogP contribution in [0, 0.1) is 10.1 Å². The lowest BCUT2D eigenvalue weighted by molar-refractivity contribution is -0.384. The number of hydrogen-bond donors (Lipinski definition) is 2. The van der Waals surface area contributed by atoms with E-state index in [2.05, 4.69) is 4.98 Å². The van der Waals surface area contributed by atoms with Crippen LogP contribution >= 0.6 is 24.8 Å². The standard InChI is InChI=1S/C22H26N4O8S2.H2S/c1-33-20-7-6-18(13-21(20)34-2)36(31,32)25(15-24(8-10-27)9-11-28)22-23-19(14-35-22)16-4-3-5-17(12-16)26(29)30;/h3-7,12-14,27-28H,8-11,15H2,1-2H3;1H2. The third-order valence-electron chi connectivity index (χ3n) is 5.16. The summed E-state index contributed by atoms with van der Waals surface area (Å²) in [5.41, 5.74) is 0.703. The average molecular weight is 573 g/mol. The van der Waals surface area contributed by atoms with Gasteiger partial charge in [0.25, 0.3) is 15.7 Å². The first-order valence-corrected chi connectivity index (χ1v) is 13.0. The van der Waals surface area contributed by atoms with Crippen LogP contribution in [-0.4, -0.2) is 80.6 Å². The van der Waals surface area contributed by atoms with Crippen molar-refractivity contribution in [3.05, 3.63) is 58.0 Å². The lowest BCUT2D eigenvalue weighted by atomic mass is 10.1. The Balaban J connectivity index is 0.00000481. The molecule has 1 heterocycles. The van der Waals surface area contributed by atoms with Crippen molar-refractivity contribution in [2.24, 2.45) is 0 Å². The molecule has 2 N–H and O–H groups in total. The molecule has 0 amide bonds. The minimum atomic E-state index is -4.20. The number of anilines is 1. The van der Waals surface area contributed by atoms with Gasteiger partial charge in [-0.25, -0.2) is 17.7 Å². The van der Waals surface area contributed by atoms with Crippen molar-refractivity contribution in [3.8, 4) is 22.8 Å². The molecule has 3 rings (SSSR count). The van der Waals surface area contributed by atoms with E-state index < -0.39 is 14.9 Å². The van der Waals surface area contributed by atoms with Crippen LogP contribution in [0.15, 0.2) is 52.7 Å². The normalized spacial score (nSPS) is 11.2. The third-order valence-corrected chi connectivity index (χ3v) is 7.86. The van der Waals surface area contributed by atoms with Crippen molar-refractivity contribution in [2.75, 3.05) is 51.5 Å². The largest absolute Gasteiger partial charge is 0.493 e. The molecule has 37 heavy (non-hydrogen) atoms. The molecule has 0 spiro atoms. The predicted molar refractivity (Wildman–Crippen MR) is 144 cm³/mol. The van der Waals surface area contributed by atoms with Crippen LogP contribution in [0.3, 0.4) is 0 Å². The number of aromatic nitrogens is 1. The summed E-state index contributed by atoms with van der Waals surface area (Å²) in [5.74, 6) is 0.574. The number of nitrogens with zero attached hydrogens (tertiary/aromatic N) is 4. The molecular formula is C22H28N4O8S3. The van der Waals surface area contributed by atoms with Gasteiger partial charge in [-0.2, -0.15) is 13.5 Å². The average Bonchev–Trinajstić information content (AvgIpc) is 3.36. The first-order chi connectivity index (χ1) is 17.2. The van der Waals surface area contributed by atoms with Gasteiger partial charge in [-0.15, -0.1) is 11.3 Å². The molecule has 0 radical (unpaired) electrons. The highest BCUT2D eigenvalue weighted by atomic mass is 32.2. The highest BCUT2D eigenvalue weighted by Crippen LogP contribution is 2.35. The van der Waals surface area contributed by atoms with E-state index in [-0.39, 0.29) is 67.9 Å². The Morgan fingerprint density at radius 3 is 2.32 bits per heavy atom. The number of aliphatic hydroxyl groups is 2. The number of nitro benzene ring substituents is 1. The van der Waals surface area contributed by atoms with Gasteiger partial charge in [0.1, 0.15) is 0 Å². The molecule has 1 aromatic heterocycles. The SMILES string of the molecule is COc1ccc(S(=O)(=O)N(CN(CCO)CCO)c2nc(-c3cccc([N+](=O)[O-])c3)cs2)cc1OC.S. The second kappa shape index (κ2) is 13.6. The van der Waals surface area contributed by atoms with E-state index in [1.54, 1.807) is 16.3 Å². The highest BCUT2D eigenvalue weighted by molar-refractivity contribution is 7.93. The molecule has 0 fully saturated rings. The Bertz CT molecular complexity index is 1300. The topological polar surface area (TPSA) is 156 Å². The number of benzene rings is 2. The summed E-state index contributed by atoms with van der Waals surface area (Å²) in [5, 5.41) is 31.7. The summed E-state index contributed by atoms with van der Waals surface area (Å²) in [6, 6.07) is 10.1. The fourth-order valence-electron chi connectivity index (χ4n) is 3.35. The van der Waals surface area contributed by atoms with Gasteiger partial charge in [0.15, 0.2) is 11.5 Å². The van der Waals surface area contributed by atoms with Gasteiger partial charge < -0.3 is 19.7 Å². The van der Waals surface area contributed by atoms with E-state index in [0.29, 0.717) is 17.0 Å². The van der Waals surface area contributed by atoms with E-state index in [1.165, 1.54) is 50.6 Å². The zero-order valence-electron chi connectivity index (χ0n) is 20.1. The number of non-ortho nitro benzene ring substituents is 1. The molecule has 0 saturated heterocycles. The second-order valence-electron chi connectivity index (χ2n) is 7.40. The molecular weight excluding hydrogens is 544 g/mol. The number of ether oxygens (including phenoxy) is 2. The van der Waals surface area contributed by atoms with Crippen LogP contribution in [0.25, 0.3) is 11.3 Å². The minimum absolute atomic E-state index is 0. The van der Waals surface area contributed by atoms with Crippen molar-refractivity contribution in [3.63, 3.8) is 0 Å². The van der Waals surface area contributed by atoms with Gasteiger partial charge >= 0.3 is 0 Å². The van der Waals surface area contributed by atoms with Crippen molar-refractivity contribution in [1.29, 1.82) is 0 Å². The maximum Gasteiger partial charge on any atom is 0.270 e. The van der Waals surface area contributed by atoms with Crippen molar-refractivity contribution in [1.82, 2.24) is 9.88 Å². The molecule has 202 valence electrons. The summed E-state index contributed by atoms with van der Waals surface area (Å²) in [6.07, 6.45) is 0. The maximum absolute atomic E-state index is 13.8. The molecule has 0 unspecified atom stereocenters. The molecule has 0 aliphatic heterocycles. The molecule has 0 atom stereocenters. The molecule has 0 saturated carbocycles. The lowest BCUT2D eigenvalue weighted by Gasteiger charge is -2.29. The molecule has 15 heteroatoms. The summed E-state index contributed by atoms with van der Waals surface area (Å²) in [6.45, 7) is -0.481. The number of aliphatic hydroxyl groups excluding tert-OH is 2. The molecule has 3 aromatic rings. The zero-order valence-corrected chi connectivity index (χ0v) is 22.7. The number of rotatable bonds is 13. The minimum Gasteiger partial charge on any atom is -0.493 e. The fraction of sp³-hybridized carbons (Fsp3) is 0.318. The number of thiazole rings is 1. The van der Waals surface area contributed by atoms with Crippen LogP contribution < -0.4 is 13.8 Å². The summed E-state index contributed by atoms with van der Waals surface area (Å²) < 4.78 is 39.1. The van der Waals surface area contributed by atoms with Crippen molar-refractivity contribution in [2.45, 2.75) is 4.90 Å². The van der Waals surface area contributed by atoms with Gasteiger partial charge in [0.2, 0.25) is 5.13 Å². The van der Waals surface area contributed by atoms with Crippen LogP contribution in [0.2, 0.25) is 0 Å². The van der Waals surface area contributed by atoms with Crippen molar-refractivity contribution < 1.29 is 33.0 Å². The van der Waals surface area contributed by atoms with E-state index >= 15 is 0 Å². The Morgan fingerprint density at radius 2 is 1.73 bits per heavy atom. The first-order valence-electron chi connectivity index (χ1n) is 10.6. The summed E-state index contributed by atoms with van der Waals surface area (Å²) >= 11 is 1.04. The summed E-state index contributed by atoms with van der Waals surface area (Å²) in [4.78, 5) is 16.6. The van der Waals surface area contributed by atoms with Crippen LogP contribution in [0.4, 0.5) is 10.8 Å². The Labute approximate surface area is 225 Å². The third kappa shape index (κ3) is 7.09.